The molecule has 1 N–H and O–H groups in total. The zero-order valence-electron chi connectivity index (χ0n) is 13.9. The van der Waals surface area contributed by atoms with E-state index in [4.69, 9.17) is 0 Å². The summed E-state index contributed by atoms with van der Waals surface area (Å²) in [5, 5.41) is 13.4. The van der Waals surface area contributed by atoms with E-state index in [-0.39, 0.29) is 0 Å². The van der Waals surface area contributed by atoms with E-state index in [2.05, 4.69) is 56.1 Å². The molecule has 1 aromatic carbocycles. The number of hydrogen-bond acceptors (Lipinski definition) is 3. The number of nitrogens with zero attached hydrogens (tertiary/aromatic N) is 2. The fraction of sp³-hybridized carbons (Fsp3) is 0.611. The first-order chi connectivity index (χ1) is 10.1. The van der Waals surface area contributed by atoms with Crippen LogP contribution in [0.5, 0.6) is 0 Å². The highest BCUT2D eigenvalue weighted by Crippen LogP contribution is 2.22. The molecule has 0 bridgehead atoms. The smallest absolute Gasteiger partial charge is 0.145 e. The lowest BCUT2D eigenvalue weighted by Gasteiger charge is -2.35. The monoisotopic (exact) mass is 287 g/mol. The van der Waals surface area contributed by atoms with Crippen LogP contribution in [0.1, 0.15) is 39.7 Å². The van der Waals surface area contributed by atoms with Crippen LogP contribution in [0.2, 0.25) is 0 Å². The molecule has 0 aliphatic heterocycles. The lowest BCUT2D eigenvalue weighted by Crippen LogP contribution is -2.51. The van der Waals surface area contributed by atoms with Gasteiger partial charge < -0.3 is 4.90 Å². The molecule has 0 aromatic heterocycles. The van der Waals surface area contributed by atoms with Gasteiger partial charge in [0.15, 0.2) is 0 Å². The van der Waals surface area contributed by atoms with Crippen molar-refractivity contribution in [1.82, 2.24) is 10.2 Å². The van der Waals surface area contributed by atoms with Crippen molar-refractivity contribution in [3.05, 3.63) is 35.9 Å². The van der Waals surface area contributed by atoms with Crippen LogP contribution in [0.15, 0.2) is 30.3 Å². The van der Waals surface area contributed by atoms with Gasteiger partial charge in [-0.3, -0.25) is 5.32 Å². The highest BCUT2D eigenvalue weighted by molar-refractivity contribution is 5.32. The average Bonchev–Trinajstić information content (AvgIpc) is 2.51. The number of rotatable bonds is 9. The van der Waals surface area contributed by atoms with E-state index in [1.54, 1.807) is 0 Å². The van der Waals surface area contributed by atoms with Crippen LogP contribution in [-0.4, -0.2) is 31.1 Å². The van der Waals surface area contributed by atoms with Crippen LogP contribution in [0.4, 0.5) is 0 Å². The van der Waals surface area contributed by atoms with E-state index in [1.165, 1.54) is 0 Å². The Morgan fingerprint density at radius 1 is 1.24 bits per heavy atom. The van der Waals surface area contributed by atoms with Gasteiger partial charge in [-0.25, -0.2) is 0 Å². The standard InChI is InChI=1S/C18H29N3/c1-5-12-20-18(14-19,17-10-8-7-9-11-17)15-21(6-2)13-16(3)4/h7-11,16,20H,5-6,12-13,15H2,1-4H3. The van der Waals surface area contributed by atoms with Crippen molar-refractivity contribution in [3.63, 3.8) is 0 Å². The number of nitrogens with one attached hydrogen (secondary N) is 1. The molecule has 0 spiro atoms. The fourth-order valence-electron chi connectivity index (χ4n) is 2.61. The predicted octanol–water partition coefficient (Wildman–Crippen LogP) is 3.38. The van der Waals surface area contributed by atoms with Gasteiger partial charge in [0.2, 0.25) is 0 Å². The molecule has 0 saturated carbocycles. The first-order valence-electron chi connectivity index (χ1n) is 8.02. The lowest BCUT2D eigenvalue weighted by atomic mass is 9.90. The van der Waals surface area contributed by atoms with Crippen molar-refractivity contribution < 1.29 is 0 Å². The normalized spacial score (nSPS) is 14.1. The molecule has 0 fully saturated rings. The molecule has 0 aliphatic rings. The third kappa shape index (κ3) is 5.15. The minimum Gasteiger partial charge on any atom is -0.300 e. The summed E-state index contributed by atoms with van der Waals surface area (Å²) in [7, 11) is 0. The van der Waals surface area contributed by atoms with Gasteiger partial charge in [-0.1, -0.05) is 58.0 Å². The molecule has 0 saturated heterocycles. The predicted molar refractivity (Wildman–Crippen MR) is 89.0 cm³/mol. The Morgan fingerprint density at radius 2 is 1.90 bits per heavy atom. The molecule has 21 heavy (non-hydrogen) atoms. The Bertz CT molecular complexity index is 436. The van der Waals surface area contributed by atoms with Crippen LogP contribution >= 0.6 is 0 Å². The molecule has 0 heterocycles. The number of likely N-dealkylation sites (N-methyl/N-ethyl adjacent to an activating group) is 1. The maximum Gasteiger partial charge on any atom is 0.145 e. The molecular formula is C18H29N3. The molecule has 1 rings (SSSR count). The minimum absolute atomic E-state index is 0.600. The van der Waals surface area contributed by atoms with E-state index in [1.807, 2.05) is 18.2 Å². The summed E-state index contributed by atoms with van der Waals surface area (Å²) in [6.07, 6.45) is 1.02. The SMILES string of the molecule is CCCNC(C#N)(CN(CC)CC(C)C)c1ccccc1. The molecule has 1 unspecified atom stereocenters. The van der Waals surface area contributed by atoms with Gasteiger partial charge in [-0.2, -0.15) is 5.26 Å². The summed E-state index contributed by atoms with van der Waals surface area (Å²) < 4.78 is 0. The highest BCUT2D eigenvalue weighted by atomic mass is 15.2. The molecule has 3 heteroatoms. The molecular weight excluding hydrogens is 258 g/mol. The molecule has 116 valence electrons. The molecule has 1 atom stereocenters. The number of hydrogen-bond donors (Lipinski definition) is 1. The molecule has 0 radical (unpaired) electrons. The van der Waals surface area contributed by atoms with E-state index in [0.29, 0.717) is 5.92 Å². The average molecular weight is 287 g/mol. The van der Waals surface area contributed by atoms with Crippen LogP contribution in [-0.2, 0) is 5.54 Å². The fourth-order valence-corrected chi connectivity index (χ4v) is 2.61. The zero-order chi connectivity index (χ0) is 15.7. The van der Waals surface area contributed by atoms with Crippen LogP contribution < -0.4 is 5.32 Å². The van der Waals surface area contributed by atoms with Crippen molar-refractivity contribution in [2.45, 2.75) is 39.7 Å². The van der Waals surface area contributed by atoms with Gasteiger partial charge >= 0.3 is 0 Å². The Morgan fingerprint density at radius 3 is 2.38 bits per heavy atom. The first kappa shape index (κ1) is 17.7. The van der Waals surface area contributed by atoms with Crippen LogP contribution in [0, 0.1) is 17.2 Å². The Labute approximate surface area is 130 Å². The van der Waals surface area contributed by atoms with Crippen LogP contribution in [0.3, 0.4) is 0 Å². The Hall–Kier alpha value is -1.37. The first-order valence-corrected chi connectivity index (χ1v) is 8.02. The summed E-state index contributed by atoms with van der Waals surface area (Å²) in [6.45, 7) is 12.3. The van der Waals surface area contributed by atoms with Crippen molar-refractivity contribution in [3.8, 4) is 6.07 Å². The number of nitriles is 1. The van der Waals surface area contributed by atoms with E-state index < -0.39 is 5.54 Å². The van der Waals surface area contributed by atoms with Gasteiger partial charge in [0.1, 0.15) is 5.54 Å². The summed E-state index contributed by atoms with van der Waals surface area (Å²) in [5.41, 5.74) is 0.436. The van der Waals surface area contributed by atoms with Crippen molar-refractivity contribution in [1.29, 1.82) is 5.26 Å². The van der Waals surface area contributed by atoms with Gasteiger partial charge in [0.05, 0.1) is 6.07 Å². The summed E-state index contributed by atoms with van der Waals surface area (Å²) >= 11 is 0. The van der Waals surface area contributed by atoms with E-state index in [9.17, 15) is 5.26 Å². The van der Waals surface area contributed by atoms with Crippen molar-refractivity contribution in [2.75, 3.05) is 26.2 Å². The zero-order valence-corrected chi connectivity index (χ0v) is 13.9. The second-order valence-electron chi connectivity index (χ2n) is 6.03. The second-order valence-corrected chi connectivity index (χ2v) is 6.03. The van der Waals surface area contributed by atoms with Crippen molar-refractivity contribution in [2.24, 2.45) is 5.92 Å². The van der Waals surface area contributed by atoms with E-state index >= 15 is 0 Å². The minimum atomic E-state index is -0.623. The summed E-state index contributed by atoms with van der Waals surface area (Å²) in [4.78, 5) is 2.36. The third-order valence-corrected chi connectivity index (χ3v) is 3.67. The van der Waals surface area contributed by atoms with Crippen LogP contribution in [0.25, 0.3) is 0 Å². The highest BCUT2D eigenvalue weighted by Gasteiger charge is 2.33. The van der Waals surface area contributed by atoms with Gasteiger partial charge in [0.25, 0.3) is 0 Å². The maximum atomic E-state index is 9.90. The molecule has 0 amide bonds. The molecule has 1 aromatic rings. The topological polar surface area (TPSA) is 39.1 Å². The van der Waals surface area contributed by atoms with E-state index in [0.717, 1.165) is 38.2 Å². The Kier molecular flexibility index (Phi) is 7.42. The number of benzene rings is 1. The van der Waals surface area contributed by atoms with Gasteiger partial charge in [0, 0.05) is 13.1 Å². The molecule has 3 nitrogen and oxygen atoms in total. The Balaban J connectivity index is 3.03. The lowest BCUT2D eigenvalue weighted by molar-refractivity contribution is 0.200. The summed E-state index contributed by atoms with van der Waals surface area (Å²) in [6, 6.07) is 12.7. The molecule has 0 aliphatic carbocycles. The largest absolute Gasteiger partial charge is 0.300 e. The third-order valence-electron chi connectivity index (χ3n) is 3.67. The van der Waals surface area contributed by atoms with Gasteiger partial charge in [-0.05, 0) is 31.0 Å². The van der Waals surface area contributed by atoms with Crippen molar-refractivity contribution >= 4 is 0 Å². The maximum absolute atomic E-state index is 9.90. The summed E-state index contributed by atoms with van der Waals surface area (Å²) in [5.74, 6) is 0.600. The van der Waals surface area contributed by atoms with Gasteiger partial charge in [-0.15, -0.1) is 0 Å². The second kappa shape index (κ2) is 8.81. The quantitative estimate of drug-likeness (QED) is 0.757.